The third-order valence-corrected chi connectivity index (χ3v) is 4.41. The van der Waals surface area contributed by atoms with Crippen molar-refractivity contribution in [1.29, 1.82) is 0 Å². The summed E-state index contributed by atoms with van der Waals surface area (Å²) in [6.45, 7) is 12.4. The molecule has 4 heteroatoms. The first kappa shape index (κ1) is 15.5. The fourth-order valence-electron chi connectivity index (χ4n) is 3.12. The van der Waals surface area contributed by atoms with Crippen molar-refractivity contribution in [2.75, 3.05) is 26.2 Å². The maximum atomic E-state index is 4.42. The fraction of sp³-hybridized carbons (Fsp3) is 0.812. The Kier molecular flexibility index (Phi) is 6.05. The molecule has 1 aliphatic rings. The highest BCUT2D eigenvalue weighted by molar-refractivity contribution is 5.09. The number of nitrogens with one attached hydrogen (secondary N) is 1. The van der Waals surface area contributed by atoms with Crippen LogP contribution in [-0.4, -0.2) is 40.9 Å². The summed E-state index contributed by atoms with van der Waals surface area (Å²) >= 11 is 0. The predicted octanol–water partition coefficient (Wildman–Crippen LogP) is 2.68. The van der Waals surface area contributed by atoms with Gasteiger partial charge in [0.15, 0.2) is 0 Å². The van der Waals surface area contributed by atoms with E-state index in [0.29, 0.717) is 6.04 Å². The minimum atomic E-state index is 0.470. The maximum Gasteiger partial charge on any atom is 0.0537 e. The van der Waals surface area contributed by atoms with Crippen LogP contribution in [-0.2, 0) is 6.54 Å². The number of nitrogens with zero attached hydrogens (tertiary/aromatic N) is 3. The van der Waals surface area contributed by atoms with Crippen LogP contribution in [0.15, 0.2) is 12.4 Å². The van der Waals surface area contributed by atoms with Gasteiger partial charge in [0.1, 0.15) is 0 Å². The Balaban J connectivity index is 1.98. The van der Waals surface area contributed by atoms with Crippen molar-refractivity contribution >= 4 is 0 Å². The average molecular weight is 278 g/mol. The monoisotopic (exact) mass is 278 g/mol. The normalized spacial score (nSPS) is 21.3. The van der Waals surface area contributed by atoms with Crippen molar-refractivity contribution in [2.45, 2.75) is 52.6 Å². The molecule has 1 aliphatic heterocycles. The van der Waals surface area contributed by atoms with Gasteiger partial charge < -0.3 is 5.32 Å². The van der Waals surface area contributed by atoms with Crippen LogP contribution in [0.2, 0.25) is 0 Å². The van der Waals surface area contributed by atoms with E-state index in [0.717, 1.165) is 12.5 Å². The van der Waals surface area contributed by atoms with E-state index >= 15 is 0 Å². The molecule has 2 rings (SSSR count). The summed E-state index contributed by atoms with van der Waals surface area (Å²) in [6.07, 6.45) is 8.15. The standard InChI is InChI=1S/C16H30N4/c1-4-9-19(12-15-7-6-8-17-10-15)14(3)16-11-18-20(5-2)13-16/h11,13-15,17H,4-10,12H2,1-3H3. The van der Waals surface area contributed by atoms with Crippen molar-refractivity contribution in [2.24, 2.45) is 5.92 Å². The van der Waals surface area contributed by atoms with E-state index in [2.05, 4.69) is 42.3 Å². The fourth-order valence-corrected chi connectivity index (χ4v) is 3.12. The molecule has 1 aromatic rings. The highest BCUT2D eigenvalue weighted by Gasteiger charge is 2.21. The van der Waals surface area contributed by atoms with Gasteiger partial charge in [-0.1, -0.05) is 6.92 Å². The maximum absolute atomic E-state index is 4.42. The Bertz CT molecular complexity index is 382. The van der Waals surface area contributed by atoms with E-state index in [-0.39, 0.29) is 0 Å². The number of piperidine rings is 1. The van der Waals surface area contributed by atoms with Gasteiger partial charge in [-0.3, -0.25) is 9.58 Å². The van der Waals surface area contributed by atoms with Crippen LogP contribution in [0.3, 0.4) is 0 Å². The van der Waals surface area contributed by atoms with Crippen LogP contribution in [0.4, 0.5) is 0 Å². The summed E-state index contributed by atoms with van der Waals surface area (Å²) in [6, 6.07) is 0.470. The van der Waals surface area contributed by atoms with Gasteiger partial charge in [0.2, 0.25) is 0 Å². The van der Waals surface area contributed by atoms with E-state index in [4.69, 9.17) is 0 Å². The van der Waals surface area contributed by atoms with Crippen molar-refractivity contribution in [1.82, 2.24) is 20.0 Å². The van der Waals surface area contributed by atoms with Crippen LogP contribution in [0.5, 0.6) is 0 Å². The molecule has 0 bridgehead atoms. The van der Waals surface area contributed by atoms with Crippen molar-refractivity contribution < 1.29 is 0 Å². The van der Waals surface area contributed by atoms with E-state index in [1.165, 1.54) is 51.0 Å². The lowest BCUT2D eigenvalue weighted by Gasteiger charge is -2.33. The smallest absolute Gasteiger partial charge is 0.0537 e. The molecule has 2 atom stereocenters. The van der Waals surface area contributed by atoms with E-state index < -0.39 is 0 Å². The zero-order valence-electron chi connectivity index (χ0n) is 13.3. The van der Waals surface area contributed by atoms with Crippen LogP contribution in [0.1, 0.15) is 51.6 Å². The molecule has 114 valence electrons. The number of hydrogen-bond acceptors (Lipinski definition) is 3. The van der Waals surface area contributed by atoms with Gasteiger partial charge in [-0.2, -0.15) is 5.10 Å². The Labute approximate surface area is 123 Å². The molecule has 0 radical (unpaired) electrons. The highest BCUT2D eigenvalue weighted by atomic mass is 15.3. The molecule has 1 aromatic heterocycles. The third kappa shape index (κ3) is 4.06. The first-order valence-electron chi connectivity index (χ1n) is 8.21. The average Bonchev–Trinajstić information content (AvgIpc) is 2.96. The van der Waals surface area contributed by atoms with E-state index in [1.54, 1.807) is 0 Å². The quantitative estimate of drug-likeness (QED) is 0.832. The molecule has 0 aliphatic carbocycles. The summed E-state index contributed by atoms with van der Waals surface area (Å²) in [5.74, 6) is 0.805. The van der Waals surface area contributed by atoms with Gasteiger partial charge in [0, 0.05) is 30.9 Å². The summed E-state index contributed by atoms with van der Waals surface area (Å²) in [5.41, 5.74) is 1.35. The number of aromatic nitrogens is 2. The van der Waals surface area contributed by atoms with Gasteiger partial charge in [0.25, 0.3) is 0 Å². The summed E-state index contributed by atoms with van der Waals surface area (Å²) in [4.78, 5) is 2.63. The molecule has 2 unspecified atom stereocenters. The second-order valence-electron chi connectivity index (χ2n) is 6.01. The lowest BCUT2D eigenvalue weighted by atomic mass is 9.97. The third-order valence-electron chi connectivity index (χ3n) is 4.41. The number of aryl methyl sites for hydroxylation is 1. The molecule has 1 fully saturated rings. The van der Waals surface area contributed by atoms with Gasteiger partial charge in [-0.25, -0.2) is 0 Å². The summed E-state index contributed by atoms with van der Waals surface area (Å²) in [5, 5.41) is 7.95. The van der Waals surface area contributed by atoms with E-state index in [9.17, 15) is 0 Å². The zero-order chi connectivity index (χ0) is 14.4. The molecule has 2 heterocycles. The molecule has 0 aromatic carbocycles. The Morgan fingerprint density at radius 3 is 2.95 bits per heavy atom. The number of hydrogen-bond donors (Lipinski definition) is 1. The van der Waals surface area contributed by atoms with Gasteiger partial charge in [0.05, 0.1) is 6.20 Å². The molecule has 1 N–H and O–H groups in total. The molecule has 0 spiro atoms. The topological polar surface area (TPSA) is 33.1 Å². The second kappa shape index (κ2) is 7.79. The van der Waals surface area contributed by atoms with Crippen LogP contribution in [0.25, 0.3) is 0 Å². The number of rotatable bonds is 7. The van der Waals surface area contributed by atoms with Crippen LogP contribution < -0.4 is 5.32 Å². The van der Waals surface area contributed by atoms with Crippen molar-refractivity contribution in [3.8, 4) is 0 Å². The largest absolute Gasteiger partial charge is 0.316 e. The minimum absolute atomic E-state index is 0.470. The SMILES string of the molecule is CCCN(CC1CCCNC1)C(C)c1cnn(CC)c1. The lowest BCUT2D eigenvalue weighted by molar-refractivity contribution is 0.163. The summed E-state index contributed by atoms with van der Waals surface area (Å²) < 4.78 is 2.03. The molecule has 20 heavy (non-hydrogen) atoms. The molecule has 0 amide bonds. The molecule has 1 saturated heterocycles. The van der Waals surface area contributed by atoms with Crippen molar-refractivity contribution in [3.05, 3.63) is 18.0 Å². The lowest BCUT2D eigenvalue weighted by Crippen LogP contribution is -2.39. The predicted molar refractivity (Wildman–Crippen MR) is 83.8 cm³/mol. The molecule has 0 saturated carbocycles. The first-order valence-corrected chi connectivity index (χ1v) is 8.21. The zero-order valence-corrected chi connectivity index (χ0v) is 13.3. The Morgan fingerprint density at radius 2 is 2.35 bits per heavy atom. The summed E-state index contributed by atoms with van der Waals surface area (Å²) in [7, 11) is 0. The Hall–Kier alpha value is -0.870. The minimum Gasteiger partial charge on any atom is -0.316 e. The highest BCUT2D eigenvalue weighted by Crippen LogP contribution is 2.23. The second-order valence-corrected chi connectivity index (χ2v) is 6.01. The van der Waals surface area contributed by atoms with Gasteiger partial charge in [-0.05, 0) is 58.7 Å². The van der Waals surface area contributed by atoms with Gasteiger partial charge >= 0.3 is 0 Å². The molecular formula is C16H30N4. The Morgan fingerprint density at radius 1 is 1.50 bits per heavy atom. The molecule has 4 nitrogen and oxygen atoms in total. The van der Waals surface area contributed by atoms with Crippen LogP contribution in [0, 0.1) is 5.92 Å². The first-order chi connectivity index (χ1) is 9.74. The van der Waals surface area contributed by atoms with Crippen LogP contribution >= 0.6 is 0 Å². The van der Waals surface area contributed by atoms with Crippen molar-refractivity contribution in [3.63, 3.8) is 0 Å². The van der Waals surface area contributed by atoms with E-state index in [1.807, 2.05) is 10.9 Å². The molecular weight excluding hydrogens is 248 g/mol. The van der Waals surface area contributed by atoms with Gasteiger partial charge in [-0.15, -0.1) is 0 Å².